The first-order valence-corrected chi connectivity index (χ1v) is 8.39. The zero-order valence-corrected chi connectivity index (χ0v) is 14.2. The third-order valence-corrected chi connectivity index (χ3v) is 4.21. The average molecular weight is 304 g/mol. The van der Waals surface area contributed by atoms with Crippen molar-refractivity contribution in [3.63, 3.8) is 0 Å². The number of carbonyl (C=O) groups is 1. The topological polar surface area (TPSA) is 42.4 Å². The highest BCUT2D eigenvalue weighted by molar-refractivity contribution is 5.92. The largest absolute Gasteiger partial charge is 0.371 e. The van der Waals surface area contributed by atoms with Crippen LogP contribution in [-0.4, -0.2) is 41.1 Å². The third-order valence-electron chi connectivity index (χ3n) is 4.21. The van der Waals surface area contributed by atoms with Crippen molar-refractivity contribution >= 4 is 5.91 Å². The fraction of sp³-hybridized carbons (Fsp3) is 0.667. The summed E-state index contributed by atoms with van der Waals surface area (Å²) in [5.74, 6) is 0.435. The van der Waals surface area contributed by atoms with E-state index in [-0.39, 0.29) is 18.1 Å². The van der Waals surface area contributed by atoms with Crippen LogP contribution in [0.5, 0.6) is 0 Å². The summed E-state index contributed by atoms with van der Waals surface area (Å²) in [5.41, 5.74) is 1.42. The molecule has 0 aromatic carbocycles. The molecule has 0 saturated carbocycles. The van der Waals surface area contributed by atoms with E-state index in [4.69, 9.17) is 4.74 Å². The van der Waals surface area contributed by atoms with E-state index < -0.39 is 0 Å². The number of amides is 1. The van der Waals surface area contributed by atoms with Crippen LogP contribution in [0.25, 0.3) is 0 Å². The molecule has 1 aliphatic rings. The van der Waals surface area contributed by atoms with Gasteiger partial charge in [0.2, 0.25) is 0 Å². The molecule has 0 aliphatic carbocycles. The normalized spacial score (nSPS) is 22.1. The summed E-state index contributed by atoms with van der Waals surface area (Å²) in [4.78, 5) is 19.0. The fourth-order valence-electron chi connectivity index (χ4n) is 2.82. The minimum absolute atomic E-state index is 0.0270. The van der Waals surface area contributed by atoms with Crippen LogP contribution >= 0.6 is 0 Å². The summed E-state index contributed by atoms with van der Waals surface area (Å²) in [5, 5.41) is 0. The van der Waals surface area contributed by atoms with E-state index in [9.17, 15) is 4.79 Å². The minimum Gasteiger partial charge on any atom is -0.371 e. The van der Waals surface area contributed by atoms with E-state index >= 15 is 0 Å². The Balaban J connectivity index is 2.11. The maximum Gasteiger partial charge on any atom is 0.272 e. The molecule has 1 aliphatic heterocycles. The number of unbranched alkanes of at least 4 members (excludes halogenated alkanes) is 1. The molecule has 1 saturated heterocycles. The molecule has 0 bridgehead atoms. The lowest BCUT2D eigenvalue weighted by Crippen LogP contribution is -2.51. The Hall–Kier alpha value is -1.42. The number of carbonyl (C=O) groups excluding carboxylic acids is 1. The number of aromatic nitrogens is 1. The van der Waals surface area contributed by atoms with Gasteiger partial charge in [0, 0.05) is 18.8 Å². The van der Waals surface area contributed by atoms with Gasteiger partial charge >= 0.3 is 0 Å². The number of pyridine rings is 1. The molecule has 0 spiro atoms. The smallest absolute Gasteiger partial charge is 0.272 e. The van der Waals surface area contributed by atoms with Gasteiger partial charge in [-0.25, -0.2) is 4.98 Å². The molecule has 1 fully saturated rings. The first-order chi connectivity index (χ1) is 10.5. The number of nitrogens with zero attached hydrogens (tertiary/aromatic N) is 2. The van der Waals surface area contributed by atoms with Crippen molar-refractivity contribution in [3.05, 3.63) is 29.6 Å². The van der Waals surface area contributed by atoms with Crippen LogP contribution in [-0.2, 0) is 4.74 Å². The van der Waals surface area contributed by atoms with Gasteiger partial charge in [-0.3, -0.25) is 4.79 Å². The van der Waals surface area contributed by atoms with Crippen molar-refractivity contribution in [1.29, 1.82) is 0 Å². The minimum atomic E-state index is 0.0270. The van der Waals surface area contributed by atoms with E-state index in [1.165, 1.54) is 0 Å². The number of morpholine rings is 1. The van der Waals surface area contributed by atoms with Crippen LogP contribution in [0.3, 0.4) is 0 Å². The highest BCUT2D eigenvalue weighted by Crippen LogP contribution is 2.22. The molecule has 1 aromatic rings. The average Bonchev–Trinajstić information content (AvgIpc) is 2.51. The molecule has 1 amide bonds. The van der Waals surface area contributed by atoms with E-state index in [1.54, 1.807) is 6.07 Å². The fourth-order valence-corrected chi connectivity index (χ4v) is 2.82. The van der Waals surface area contributed by atoms with Crippen LogP contribution in [0.4, 0.5) is 0 Å². The Morgan fingerprint density at radius 2 is 2.18 bits per heavy atom. The highest BCUT2D eigenvalue weighted by atomic mass is 16.5. The number of hydrogen-bond donors (Lipinski definition) is 0. The summed E-state index contributed by atoms with van der Waals surface area (Å²) in [7, 11) is 0. The summed E-state index contributed by atoms with van der Waals surface area (Å²) < 4.78 is 6.18. The number of aryl methyl sites for hydroxylation is 1. The van der Waals surface area contributed by atoms with Gasteiger partial charge in [0.25, 0.3) is 5.91 Å². The van der Waals surface area contributed by atoms with Crippen LogP contribution < -0.4 is 0 Å². The summed E-state index contributed by atoms with van der Waals surface area (Å²) in [6.45, 7) is 9.74. The van der Waals surface area contributed by atoms with Crippen LogP contribution in [0, 0.1) is 12.8 Å². The lowest BCUT2D eigenvalue weighted by atomic mass is 10.0. The van der Waals surface area contributed by atoms with Crippen molar-refractivity contribution in [2.45, 2.75) is 59.2 Å². The highest BCUT2D eigenvalue weighted by Gasteiger charge is 2.32. The van der Waals surface area contributed by atoms with Gasteiger partial charge < -0.3 is 9.64 Å². The number of ether oxygens (including phenoxy) is 1. The van der Waals surface area contributed by atoms with Gasteiger partial charge in [-0.15, -0.1) is 0 Å². The van der Waals surface area contributed by atoms with Gasteiger partial charge in [-0.2, -0.15) is 0 Å². The molecular formula is C18H28N2O2. The van der Waals surface area contributed by atoms with Gasteiger partial charge in [0.1, 0.15) is 5.69 Å². The molecule has 22 heavy (non-hydrogen) atoms. The number of rotatable bonds is 5. The zero-order valence-electron chi connectivity index (χ0n) is 14.2. The van der Waals surface area contributed by atoms with Crippen LogP contribution in [0.1, 0.15) is 56.2 Å². The second-order valence-electron chi connectivity index (χ2n) is 6.56. The van der Waals surface area contributed by atoms with Crippen molar-refractivity contribution < 1.29 is 9.53 Å². The summed E-state index contributed by atoms with van der Waals surface area (Å²) >= 11 is 0. The molecule has 0 radical (unpaired) electrons. The Morgan fingerprint density at radius 1 is 1.41 bits per heavy atom. The molecule has 4 nitrogen and oxygen atoms in total. The monoisotopic (exact) mass is 304 g/mol. The van der Waals surface area contributed by atoms with E-state index in [2.05, 4.69) is 25.8 Å². The van der Waals surface area contributed by atoms with Gasteiger partial charge in [0.05, 0.1) is 12.2 Å². The zero-order chi connectivity index (χ0) is 16.1. The summed E-state index contributed by atoms with van der Waals surface area (Å²) in [6.07, 6.45) is 3.57. The van der Waals surface area contributed by atoms with Crippen molar-refractivity contribution in [3.8, 4) is 0 Å². The second-order valence-corrected chi connectivity index (χ2v) is 6.56. The van der Waals surface area contributed by atoms with Crippen molar-refractivity contribution in [2.75, 3.05) is 13.1 Å². The number of hydrogen-bond acceptors (Lipinski definition) is 3. The molecule has 2 heterocycles. The third kappa shape index (κ3) is 4.29. The van der Waals surface area contributed by atoms with Gasteiger partial charge in [0.15, 0.2) is 0 Å². The summed E-state index contributed by atoms with van der Waals surface area (Å²) in [6, 6.07) is 5.61. The molecule has 2 atom stereocenters. The second kappa shape index (κ2) is 7.73. The first-order valence-electron chi connectivity index (χ1n) is 8.39. The maximum absolute atomic E-state index is 12.7. The molecule has 0 N–H and O–H groups in total. The van der Waals surface area contributed by atoms with Crippen molar-refractivity contribution in [1.82, 2.24) is 9.88 Å². The van der Waals surface area contributed by atoms with Crippen LogP contribution in [0.2, 0.25) is 0 Å². The van der Waals surface area contributed by atoms with E-state index in [1.807, 2.05) is 24.0 Å². The van der Waals surface area contributed by atoms with E-state index in [0.29, 0.717) is 24.7 Å². The molecule has 1 aromatic heterocycles. The lowest BCUT2D eigenvalue weighted by Gasteiger charge is -2.39. The molecule has 0 unspecified atom stereocenters. The molecule has 122 valence electrons. The standard InChI is InChI=1S/C18H28N2O2/c1-5-6-9-15-11-20(12-17(22-15)13(2)3)18(21)16-10-7-8-14(4)19-16/h7-8,10,13,15,17H,5-6,9,11-12H2,1-4H3/t15-,17-/m1/s1. The van der Waals surface area contributed by atoms with Crippen LogP contribution in [0.15, 0.2) is 18.2 Å². The Labute approximate surface area is 133 Å². The van der Waals surface area contributed by atoms with E-state index in [0.717, 1.165) is 25.0 Å². The molecule has 2 rings (SSSR count). The Morgan fingerprint density at radius 3 is 2.82 bits per heavy atom. The Kier molecular flexibility index (Phi) is 5.95. The van der Waals surface area contributed by atoms with Gasteiger partial charge in [-0.1, -0.05) is 39.7 Å². The first kappa shape index (κ1) is 16.9. The molecule has 4 heteroatoms. The SMILES string of the molecule is CCCC[C@@H]1CN(C(=O)c2cccc(C)n2)C[C@H](C(C)C)O1. The van der Waals surface area contributed by atoms with Crippen molar-refractivity contribution in [2.24, 2.45) is 5.92 Å². The molecular weight excluding hydrogens is 276 g/mol. The maximum atomic E-state index is 12.7. The predicted molar refractivity (Wildman–Crippen MR) is 87.9 cm³/mol. The predicted octanol–water partition coefficient (Wildman–Crippen LogP) is 3.45. The Bertz CT molecular complexity index is 502. The van der Waals surface area contributed by atoms with Gasteiger partial charge in [-0.05, 0) is 31.4 Å². The lowest BCUT2D eigenvalue weighted by molar-refractivity contribution is -0.0963. The quantitative estimate of drug-likeness (QED) is 0.837.